The zero-order valence-corrected chi connectivity index (χ0v) is 16.7. The number of benzene rings is 1. The van der Waals surface area contributed by atoms with E-state index in [1.54, 1.807) is 17.0 Å². The molecule has 0 spiro atoms. The molecule has 0 saturated carbocycles. The Labute approximate surface area is 166 Å². The van der Waals surface area contributed by atoms with Crippen molar-refractivity contribution in [3.63, 3.8) is 0 Å². The molecule has 28 heavy (non-hydrogen) atoms. The van der Waals surface area contributed by atoms with E-state index in [0.717, 1.165) is 13.1 Å². The van der Waals surface area contributed by atoms with Gasteiger partial charge in [-0.05, 0) is 30.4 Å². The average molecular weight is 386 g/mol. The van der Waals surface area contributed by atoms with Crippen molar-refractivity contribution in [3.05, 3.63) is 30.3 Å². The van der Waals surface area contributed by atoms with Gasteiger partial charge in [0.2, 0.25) is 17.7 Å². The fourth-order valence-corrected chi connectivity index (χ4v) is 4.33. The molecule has 1 aromatic carbocycles. The van der Waals surface area contributed by atoms with Crippen molar-refractivity contribution in [3.8, 4) is 0 Å². The van der Waals surface area contributed by atoms with Gasteiger partial charge in [0.15, 0.2) is 0 Å². The quantitative estimate of drug-likeness (QED) is 0.800. The summed E-state index contributed by atoms with van der Waals surface area (Å²) in [5.74, 6) is 0.519. The summed E-state index contributed by atoms with van der Waals surface area (Å²) >= 11 is 0. The molecule has 7 heteroatoms. The summed E-state index contributed by atoms with van der Waals surface area (Å²) in [5.41, 5.74) is 0.679. The van der Waals surface area contributed by atoms with Crippen LogP contribution in [-0.2, 0) is 14.4 Å². The van der Waals surface area contributed by atoms with Crippen LogP contribution < -0.4 is 10.6 Å². The summed E-state index contributed by atoms with van der Waals surface area (Å²) < 4.78 is 0. The van der Waals surface area contributed by atoms with Gasteiger partial charge < -0.3 is 15.5 Å². The largest absolute Gasteiger partial charge is 0.353 e. The lowest BCUT2D eigenvalue weighted by atomic mass is 9.92. The standard InChI is InChI=1S/C21H30N4O3/c1-15-10-16(2)13-24(12-15)14-20(27)25-9-8-22-21(28)18(25)11-19(26)23-17-6-4-3-5-7-17/h3-7,15-16,18H,8-14H2,1-2H3,(H,22,28)(H,23,26)/t15-,16-,18-/m0/s1. The Balaban J connectivity index is 1.62. The van der Waals surface area contributed by atoms with E-state index in [9.17, 15) is 14.4 Å². The van der Waals surface area contributed by atoms with Gasteiger partial charge in [0, 0.05) is 31.9 Å². The van der Waals surface area contributed by atoms with Crippen molar-refractivity contribution in [2.75, 3.05) is 38.0 Å². The molecule has 1 aromatic rings. The lowest BCUT2D eigenvalue weighted by molar-refractivity contribution is -0.145. The molecular weight excluding hydrogens is 356 g/mol. The molecule has 0 aliphatic carbocycles. The van der Waals surface area contributed by atoms with E-state index in [1.165, 1.54) is 6.42 Å². The Bertz CT molecular complexity index is 699. The van der Waals surface area contributed by atoms with Crippen molar-refractivity contribution in [1.29, 1.82) is 0 Å². The van der Waals surface area contributed by atoms with Gasteiger partial charge in [-0.1, -0.05) is 32.0 Å². The van der Waals surface area contributed by atoms with E-state index < -0.39 is 6.04 Å². The number of nitrogens with one attached hydrogen (secondary N) is 2. The molecule has 2 heterocycles. The molecule has 2 N–H and O–H groups in total. The van der Waals surface area contributed by atoms with Gasteiger partial charge in [-0.25, -0.2) is 0 Å². The number of nitrogens with zero attached hydrogens (tertiary/aromatic N) is 2. The summed E-state index contributed by atoms with van der Waals surface area (Å²) in [4.78, 5) is 41.5. The van der Waals surface area contributed by atoms with Crippen molar-refractivity contribution < 1.29 is 14.4 Å². The number of para-hydroxylation sites is 1. The molecule has 7 nitrogen and oxygen atoms in total. The molecule has 2 aliphatic heterocycles. The third-order valence-electron chi connectivity index (χ3n) is 5.39. The molecule has 3 rings (SSSR count). The zero-order valence-electron chi connectivity index (χ0n) is 16.7. The van der Waals surface area contributed by atoms with Crippen LogP contribution in [0, 0.1) is 11.8 Å². The van der Waals surface area contributed by atoms with Crippen LogP contribution in [0.4, 0.5) is 5.69 Å². The minimum absolute atomic E-state index is 0.0424. The molecular formula is C21H30N4O3. The van der Waals surface area contributed by atoms with E-state index in [2.05, 4.69) is 29.4 Å². The van der Waals surface area contributed by atoms with Gasteiger partial charge in [0.05, 0.1) is 13.0 Å². The SMILES string of the molecule is C[C@H]1C[C@H](C)CN(CC(=O)N2CCNC(=O)[C@@H]2CC(=O)Nc2ccccc2)C1. The molecule has 2 aliphatic rings. The number of rotatable bonds is 5. The molecule has 3 amide bonds. The van der Waals surface area contributed by atoms with E-state index >= 15 is 0 Å². The maximum Gasteiger partial charge on any atom is 0.243 e. The van der Waals surface area contributed by atoms with Crippen LogP contribution in [0.25, 0.3) is 0 Å². The molecule has 2 saturated heterocycles. The Morgan fingerprint density at radius 2 is 1.82 bits per heavy atom. The van der Waals surface area contributed by atoms with Crippen LogP contribution >= 0.6 is 0 Å². The van der Waals surface area contributed by atoms with E-state index in [1.807, 2.05) is 18.2 Å². The predicted octanol–water partition coefficient (Wildman–Crippen LogP) is 1.32. The highest BCUT2D eigenvalue weighted by Gasteiger charge is 2.35. The van der Waals surface area contributed by atoms with Gasteiger partial charge in [-0.3, -0.25) is 19.3 Å². The van der Waals surface area contributed by atoms with E-state index in [0.29, 0.717) is 37.2 Å². The Kier molecular flexibility index (Phi) is 6.67. The van der Waals surface area contributed by atoms with Crippen LogP contribution in [-0.4, -0.2) is 66.3 Å². The second-order valence-corrected chi connectivity index (χ2v) is 8.15. The first-order valence-electron chi connectivity index (χ1n) is 10.1. The number of carbonyl (C=O) groups is 3. The lowest BCUT2D eigenvalue weighted by Crippen LogP contribution is -2.60. The highest BCUT2D eigenvalue weighted by molar-refractivity contribution is 5.97. The zero-order chi connectivity index (χ0) is 20.1. The summed E-state index contributed by atoms with van der Waals surface area (Å²) in [7, 11) is 0. The number of hydrogen-bond acceptors (Lipinski definition) is 4. The minimum atomic E-state index is -0.760. The summed E-state index contributed by atoms with van der Waals surface area (Å²) in [5, 5.41) is 5.57. The van der Waals surface area contributed by atoms with Crippen LogP contribution in [0.3, 0.4) is 0 Å². The summed E-state index contributed by atoms with van der Waals surface area (Å²) in [6.07, 6.45) is 1.14. The predicted molar refractivity (Wildman–Crippen MR) is 108 cm³/mol. The highest BCUT2D eigenvalue weighted by atomic mass is 16.2. The maximum absolute atomic E-state index is 12.9. The number of amides is 3. The van der Waals surface area contributed by atoms with Gasteiger partial charge in [0.25, 0.3) is 0 Å². The highest BCUT2D eigenvalue weighted by Crippen LogP contribution is 2.21. The van der Waals surface area contributed by atoms with Crippen LogP contribution in [0.1, 0.15) is 26.7 Å². The molecule has 152 valence electrons. The number of likely N-dealkylation sites (tertiary alicyclic amines) is 1. The third-order valence-corrected chi connectivity index (χ3v) is 5.39. The maximum atomic E-state index is 12.9. The first-order valence-corrected chi connectivity index (χ1v) is 10.1. The Hall–Kier alpha value is -2.41. The molecule has 0 unspecified atom stereocenters. The topological polar surface area (TPSA) is 81.8 Å². The third kappa shape index (κ3) is 5.32. The first-order chi connectivity index (χ1) is 13.4. The minimum Gasteiger partial charge on any atom is -0.353 e. The van der Waals surface area contributed by atoms with Crippen molar-refractivity contribution in [1.82, 2.24) is 15.1 Å². The molecule has 0 bridgehead atoms. The number of carbonyl (C=O) groups excluding carboxylic acids is 3. The second-order valence-electron chi connectivity index (χ2n) is 8.15. The summed E-state index contributed by atoms with van der Waals surface area (Å²) in [6, 6.07) is 8.36. The van der Waals surface area contributed by atoms with E-state index in [-0.39, 0.29) is 24.1 Å². The van der Waals surface area contributed by atoms with Crippen LogP contribution in [0.2, 0.25) is 0 Å². The smallest absolute Gasteiger partial charge is 0.243 e. The molecule has 3 atom stereocenters. The van der Waals surface area contributed by atoms with Gasteiger partial charge in [0.1, 0.15) is 6.04 Å². The van der Waals surface area contributed by atoms with E-state index in [4.69, 9.17) is 0 Å². The number of anilines is 1. The average Bonchev–Trinajstić information content (AvgIpc) is 2.63. The number of hydrogen-bond donors (Lipinski definition) is 2. The first kappa shape index (κ1) is 20.3. The van der Waals surface area contributed by atoms with Gasteiger partial charge in [-0.2, -0.15) is 0 Å². The van der Waals surface area contributed by atoms with Crippen LogP contribution in [0.15, 0.2) is 30.3 Å². The van der Waals surface area contributed by atoms with Crippen LogP contribution in [0.5, 0.6) is 0 Å². The number of piperidine rings is 1. The number of piperazine rings is 1. The normalized spacial score (nSPS) is 25.9. The summed E-state index contributed by atoms with van der Waals surface area (Å²) in [6.45, 7) is 7.38. The fraction of sp³-hybridized carbons (Fsp3) is 0.571. The van der Waals surface area contributed by atoms with Crippen molar-refractivity contribution >= 4 is 23.4 Å². The lowest BCUT2D eigenvalue weighted by Gasteiger charge is -2.38. The molecule has 0 aromatic heterocycles. The van der Waals surface area contributed by atoms with Crippen molar-refractivity contribution in [2.24, 2.45) is 11.8 Å². The fourth-order valence-electron chi connectivity index (χ4n) is 4.33. The Morgan fingerprint density at radius 1 is 1.14 bits per heavy atom. The van der Waals surface area contributed by atoms with Gasteiger partial charge in [-0.15, -0.1) is 0 Å². The monoisotopic (exact) mass is 386 g/mol. The second kappa shape index (κ2) is 9.19. The Morgan fingerprint density at radius 3 is 2.50 bits per heavy atom. The van der Waals surface area contributed by atoms with Crippen molar-refractivity contribution in [2.45, 2.75) is 32.7 Å². The van der Waals surface area contributed by atoms with Gasteiger partial charge >= 0.3 is 0 Å². The molecule has 2 fully saturated rings. The molecule has 0 radical (unpaired) electrons.